The summed E-state index contributed by atoms with van der Waals surface area (Å²) >= 11 is 4.55. The molecule has 0 unspecified atom stereocenters. The van der Waals surface area contributed by atoms with Gasteiger partial charge in [0.05, 0.1) is 10.3 Å². The van der Waals surface area contributed by atoms with Gasteiger partial charge in [-0.15, -0.1) is 11.3 Å². The summed E-state index contributed by atoms with van der Waals surface area (Å²) < 4.78 is 28.0. The van der Waals surface area contributed by atoms with Crippen LogP contribution < -0.4 is 5.32 Å². The van der Waals surface area contributed by atoms with Crippen LogP contribution in [0.4, 0.5) is 0 Å². The Balaban J connectivity index is 1.48. The number of amides is 1. The van der Waals surface area contributed by atoms with Gasteiger partial charge in [0.1, 0.15) is 4.21 Å². The monoisotopic (exact) mass is 477 g/mol. The smallest absolute Gasteiger partial charge is 0.252 e. The number of carbonyl (C=O) groups excluding carboxylic acids is 1. The molecule has 3 atom stereocenters. The molecule has 1 saturated carbocycles. The largest absolute Gasteiger partial charge is 0.352 e. The molecule has 2 fully saturated rings. The minimum absolute atomic E-state index is 0.0550. The number of nitrogens with one attached hydrogen (secondary N) is 1. The second-order valence-corrected chi connectivity index (χ2v) is 12.3. The quantitative estimate of drug-likeness (QED) is 0.707. The number of sulfonamides is 1. The van der Waals surface area contributed by atoms with Crippen LogP contribution in [0, 0.1) is 11.8 Å². The molecule has 6 nitrogen and oxygen atoms in total. The van der Waals surface area contributed by atoms with Crippen LogP contribution in [0.3, 0.4) is 0 Å². The van der Waals surface area contributed by atoms with Crippen LogP contribution in [-0.2, 0) is 14.8 Å². The maximum Gasteiger partial charge on any atom is 0.252 e. The molecule has 1 amide bonds. The third kappa shape index (κ3) is 5.12. The summed E-state index contributed by atoms with van der Waals surface area (Å²) in [5.41, 5.74) is 0. The van der Waals surface area contributed by atoms with Crippen molar-refractivity contribution in [1.82, 2.24) is 14.5 Å². The summed E-state index contributed by atoms with van der Waals surface area (Å²) in [5, 5.41) is 3.20. The average Bonchev–Trinajstić information content (AvgIpc) is 3.07. The number of halogens is 1. The highest BCUT2D eigenvalue weighted by atomic mass is 79.9. The lowest BCUT2D eigenvalue weighted by atomic mass is 9.78. The molecule has 0 radical (unpaired) electrons. The first-order chi connectivity index (χ1) is 12.8. The van der Waals surface area contributed by atoms with Crippen LogP contribution in [0.5, 0.6) is 0 Å². The molecule has 1 aromatic rings. The molecule has 2 aliphatic rings. The van der Waals surface area contributed by atoms with Gasteiger partial charge < -0.3 is 5.32 Å². The lowest BCUT2D eigenvalue weighted by molar-refractivity contribution is -0.124. The molecule has 0 spiro atoms. The molecule has 3 rings (SSSR count). The zero-order valence-corrected chi connectivity index (χ0v) is 19.1. The molecule has 0 bridgehead atoms. The van der Waals surface area contributed by atoms with Crippen molar-refractivity contribution in [1.29, 1.82) is 0 Å². The molecule has 9 heteroatoms. The molecule has 2 heterocycles. The highest BCUT2D eigenvalue weighted by Gasteiger charge is 2.31. The van der Waals surface area contributed by atoms with Gasteiger partial charge in [-0.2, -0.15) is 4.31 Å². The first kappa shape index (κ1) is 21.2. The maximum absolute atomic E-state index is 12.7. The van der Waals surface area contributed by atoms with Gasteiger partial charge in [0.2, 0.25) is 5.91 Å². The number of nitrogens with zero attached hydrogens (tertiary/aromatic N) is 2. The predicted octanol–water partition coefficient (Wildman–Crippen LogP) is 2.76. The molecule has 1 aliphatic carbocycles. The van der Waals surface area contributed by atoms with Crippen molar-refractivity contribution in [2.45, 2.75) is 43.4 Å². The second kappa shape index (κ2) is 8.90. The van der Waals surface area contributed by atoms with E-state index in [0.717, 1.165) is 10.2 Å². The molecule has 152 valence electrons. The number of thiophene rings is 1. The lowest BCUT2D eigenvalue weighted by Gasteiger charge is -2.36. The standard InChI is InChI=1S/C18H28BrN3O3S2/c1-13-4-3-5-15(14(13)2)20-17(23)12-21-8-10-22(11-9-21)27(24,25)18-7-6-16(19)26-18/h6-7,13-15H,3-5,8-12H2,1-2H3,(H,20,23)/t13-,14-,15+/m1/s1. The van der Waals surface area contributed by atoms with Crippen LogP contribution in [-0.4, -0.2) is 62.3 Å². The molecule has 1 aliphatic heterocycles. The van der Waals surface area contributed by atoms with Gasteiger partial charge in [0.15, 0.2) is 0 Å². The van der Waals surface area contributed by atoms with E-state index in [9.17, 15) is 13.2 Å². The Kier molecular flexibility index (Phi) is 7.00. The van der Waals surface area contributed by atoms with E-state index in [1.165, 1.54) is 28.5 Å². The van der Waals surface area contributed by atoms with Gasteiger partial charge >= 0.3 is 0 Å². The van der Waals surface area contributed by atoms with Gasteiger partial charge in [-0.3, -0.25) is 9.69 Å². The van der Waals surface area contributed by atoms with Crippen LogP contribution in [0.2, 0.25) is 0 Å². The highest BCUT2D eigenvalue weighted by Crippen LogP contribution is 2.30. The van der Waals surface area contributed by atoms with Gasteiger partial charge in [0, 0.05) is 32.2 Å². The van der Waals surface area contributed by atoms with Crippen LogP contribution in [0.1, 0.15) is 33.1 Å². The predicted molar refractivity (Wildman–Crippen MR) is 111 cm³/mol. The Morgan fingerprint density at radius 3 is 2.56 bits per heavy atom. The van der Waals surface area contributed by atoms with Gasteiger partial charge in [0.25, 0.3) is 10.0 Å². The number of carbonyl (C=O) groups is 1. The molecule has 1 aromatic heterocycles. The fourth-order valence-corrected chi connectivity index (χ4v) is 7.52. The van der Waals surface area contributed by atoms with Crippen molar-refractivity contribution in [3.63, 3.8) is 0 Å². The van der Waals surface area contributed by atoms with E-state index in [1.54, 1.807) is 12.1 Å². The summed E-state index contributed by atoms with van der Waals surface area (Å²) in [6.07, 6.45) is 3.47. The van der Waals surface area contributed by atoms with Crippen molar-refractivity contribution in [2.24, 2.45) is 11.8 Å². The van der Waals surface area contributed by atoms with E-state index < -0.39 is 10.0 Å². The van der Waals surface area contributed by atoms with Crippen LogP contribution in [0.15, 0.2) is 20.1 Å². The molecular weight excluding hydrogens is 450 g/mol. The number of hydrogen-bond donors (Lipinski definition) is 1. The Labute approximate surface area is 174 Å². The van der Waals surface area contributed by atoms with Crippen molar-refractivity contribution in [2.75, 3.05) is 32.7 Å². The van der Waals surface area contributed by atoms with Crippen molar-refractivity contribution in [3.8, 4) is 0 Å². The third-order valence-corrected chi connectivity index (χ3v) is 9.88. The Hall–Kier alpha value is -0.480. The average molecular weight is 478 g/mol. The number of piperazine rings is 1. The third-order valence-electron chi connectivity index (χ3n) is 5.89. The summed E-state index contributed by atoms with van der Waals surface area (Å²) in [7, 11) is -3.43. The van der Waals surface area contributed by atoms with Crippen molar-refractivity contribution in [3.05, 3.63) is 15.9 Å². The van der Waals surface area contributed by atoms with Crippen molar-refractivity contribution >= 4 is 43.2 Å². The van der Waals surface area contributed by atoms with E-state index in [0.29, 0.717) is 48.8 Å². The zero-order chi connectivity index (χ0) is 19.6. The van der Waals surface area contributed by atoms with E-state index in [2.05, 4.69) is 35.1 Å². The maximum atomic E-state index is 12.7. The van der Waals surface area contributed by atoms with Crippen LogP contribution >= 0.6 is 27.3 Å². The number of hydrogen-bond acceptors (Lipinski definition) is 5. The summed E-state index contributed by atoms with van der Waals surface area (Å²) in [4.78, 5) is 14.5. The zero-order valence-electron chi connectivity index (χ0n) is 15.9. The van der Waals surface area contributed by atoms with E-state index in [4.69, 9.17) is 0 Å². The number of rotatable bonds is 5. The van der Waals surface area contributed by atoms with E-state index in [1.807, 2.05) is 4.90 Å². The van der Waals surface area contributed by atoms with Gasteiger partial charge in [-0.25, -0.2) is 8.42 Å². The molecular formula is C18H28BrN3O3S2. The minimum atomic E-state index is -3.43. The molecule has 27 heavy (non-hydrogen) atoms. The van der Waals surface area contributed by atoms with Gasteiger partial charge in [-0.05, 0) is 46.3 Å². The lowest BCUT2D eigenvalue weighted by Crippen LogP contribution is -2.52. The Morgan fingerprint density at radius 1 is 1.22 bits per heavy atom. The normalized spacial score (nSPS) is 28.2. The molecule has 1 N–H and O–H groups in total. The van der Waals surface area contributed by atoms with Crippen LogP contribution in [0.25, 0.3) is 0 Å². The van der Waals surface area contributed by atoms with E-state index in [-0.39, 0.29) is 11.9 Å². The fraction of sp³-hybridized carbons (Fsp3) is 0.722. The summed E-state index contributed by atoms with van der Waals surface area (Å²) in [6.45, 7) is 6.82. The fourth-order valence-electron chi connectivity index (χ4n) is 3.93. The highest BCUT2D eigenvalue weighted by molar-refractivity contribution is 9.11. The van der Waals surface area contributed by atoms with E-state index >= 15 is 0 Å². The minimum Gasteiger partial charge on any atom is -0.352 e. The first-order valence-electron chi connectivity index (χ1n) is 9.54. The molecule has 1 saturated heterocycles. The first-order valence-corrected chi connectivity index (χ1v) is 12.6. The SMILES string of the molecule is C[C@@H]1[C@H](C)CCC[C@@H]1NC(=O)CN1CCN(S(=O)(=O)c2ccc(Br)s2)CC1. The topological polar surface area (TPSA) is 69.7 Å². The molecule has 0 aromatic carbocycles. The van der Waals surface area contributed by atoms with Crippen molar-refractivity contribution < 1.29 is 13.2 Å². The Morgan fingerprint density at radius 2 is 1.93 bits per heavy atom. The van der Waals surface area contributed by atoms with Gasteiger partial charge in [-0.1, -0.05) is 26.7 Å². The Bertz CT molecular complexity index is 760. The summed E-state index contributed by atoms with van der Waals surface area (Å²) in [6, 6.07) is 3.65. The summed E-state index contributed by atoms with van der Waals surface area (Å²) in [5.74, 6) is 1.21. The second-order valence-electron chi connectivity index (χ2n) is 7.68.